The van der Waals surface area contributed by atoms with Gasteiger partial charge in [0.1, 0.15) is 5.82 Å². The highest BCUT2D eigenvalue weighted by Gasteiger charge is 2.14. The molecule has 0 radical (unpaired) electrons. The third-order valence-electron chi connectivity index (χ3n) is 3.66. The summed E-state index contributed by atoms with van der Waals surface area (Å²) in [5.41, 5.74) is 4.46. The second-order valence-corrected chi connectivity index (χ2v) is 7.44. The highest BCUT2D eigenvalue weighted by atomic mass is 19.1. The van der Waals surface area contributed by atoms with Crippen LogP contribution in [-0.4, -0.2) is 26.7 Å². The van der Waals surface area contributed by atoms with Gasteiger partial charge < -0.3 is 10.6 Å². The Balaban J connectivity index is 1.75. The van der Waals surface area contributed by atoms with Gasteiger partial charge in [-0.25, -0.2) is 9.82 Å². The van der Waals surface area contributed by atoms with Crippen molar-refractivity contribution in [1.29, 1.82) is 0 Å². The molecule has 3 rings (SSSR count). The summed E-state index contributed by atoms with van der Waals surface area (Å²) in [6.45, 7) is 6.65. The summed E-state index contributed by atoms with van der Waals surface area (Å²) >= 11 is 0. The molecule has 1 heterocycles. The van der Waals surface area contributed by atoms with Crippen LogP contribution in [-0.2, 0) is 6.54 Å². The lowest BCUT2D eigenvalue weighted by Crippen LogP contribution is -2.28. The third-order valence-corrected chi connectivity index (χ3v) is 3.66. The van der Waals surface area contributed by atoms with Crippen LogP contribution in [0.4, 0.5) is 22.2 Å². The number of halogens is 1. The maximum absolute atomic E-state index is 13.0. The van der Waals surface area contributed by atoms with Gasteiger partial charge in [0.25, 0.3) is 0 Å². The summed E-state index contributed by atoms with van der Waals surface area (Å²) in [7, 11) is 0. The number of nitrogens with one attached hydrogen (secondary N) is 3. The van der Waals surface area contributed by atoms with E-state index >= 15 is 0 Å². The van der Waals surface area contributed by atoms with Gasteiger partial charge in [-0.05, 0) is 44.0 Å². The molecule has 8 heteroatoms. The molecule has 3 N–H and O–H groups in total. The van der Waals surface area contributed by atoms with E-state index in [2.05, 4.69) is 36.1 Å². The van der Waals surface area contributed by atoms with Crippen molar-refractivity contribution in [3.05, 3.63) is 71.5 Å². The van der Waals surface area contributed by atoms with E-state index in [1.54, 1.807) is 18.3 Å². The van der Waals surface area contributed by atoms with Crippen LogP contribution < -0.4 is 16.1 Å². The number of nitrogens with zero attached hydrogens (tertiary/aromatic N) is 4. The first kappa shape index (κ1) is 20.2. The molecule has 150 valence electrons. The van der Waals surface area contributed by atoms with Crippen LogP contribution in [0.25, 0.3) is 0 Å². The molecule has 0 fully saturated rings. The standard InChI is InChI=1S/C21H24FN7/c1-21(2,3)28-19-25-18(23-13-15-7-5-4-6-8-15)26-20(27-19)29-24-14-16-9-11-17(22)12-10-16/h4-12,14H,13H2,1-3H3,(H3,23,25,26,27,28,29). The van der Waals surface area contributed by atoms with Crippen molar-refractivity contribution >= 4 is 24.1 Å². The van der Waals surface area contributed by atoms with Gasteiger partial charge in [0, 0.05) is 12.1 Å². The van der Waals surface area contributed by atoms with Crippen LogP contribution in [0.15, 0.2) is 59.7 Å². The van der Waals surface area contributed by atoms with Gasteiger partial charge in [-0.15, -0.1) is 0 Å². The van der Waals surface area contributed by atoms with Crippen molar-refractivity contribution in [2.24, 2.45) is 5.10 Å². The highest BCUT2D eigenvalue weighted by Crippen LogP contribution is 2.15. The van der Waals surface area contributed by atoms with E-state index in [4.69, 9.17) is 0 Å². The first-order valence-electron chi connectivity index (χ1n) is 9.24. The van der Waals surface area contributed by atoms with E-state index in [0.717, 1.165) is 11.1 Å². The second-order valence-electron chi connectivity index (χ2n) is 7.44. The van der Waals surface area contributed by atoms with E-state index in [9.17, 15) is 4.39 Å². The van der Waals surface area contributed by atoms with Gasteiger partial charge in [-0.1, -0.05) is 42.5 Å². The molecule has 0 aliphatic carbocycles. The van der Waals surface area contributed by atoms with Crippen LogP contribution in [0, 0.1) is 5.82 Å². The fourth-order valence-corrected chi connectivity index (χ4v) is 2.39. The molecule has 2 aromatic carbocycles. The second kappa shape index (κ2) is 9.09. The Hall–Kier alpha value is -3.55. The number of aromatic nitrogens is 3. The van der Waals surface area contributed by atoms with Crippen molar-refractivity contribution in [1.82, 2.24) is 15.0 Å². The maximum Gasteiger partial charge on any atom is 0.250 e. The third kappa shape index (κ3) is 6.84. The van der Waals surface area contributed by atoms with Crippen molar-refractivity contribution < 1.29 is 4.39 Å². The Morgan fingerprint density at radius 2 is 1.55 bits per heavy atom. The molecule has 0 aliphatic heterocycles. The van der Waals surface area contributed by atoms with Crippen molar-refractivity contribution in [2.75, 3.05) is 16.1 Å². The van der Waals surface area contributed by atoms with E-state index in [1.165, 1.54) is 12.1 Å². The lowest BCUT2D eigenvalue weighted by atomic mass is 10.1. The normalized spacial score (nSPS) is 11.4. The summed E-state index contributed by atoms with van der Waals surface area (Å²) in [4.78, 5) is 13.2. The molecule has 0 spiro atoms. The molecular formula is C21H24FN7. The fourth-order valence-electron chi connectivity index (χ4n) is 2.39. The largest absolute Gasteiger partial charge is 0.350 e. The molecule has 0 amide bonds. The van der Waals surface area contributed by atoms with Gasteiger partial charge in [0.15, 0.2) is 0 Å². The smallest absolute Gasteiger partial charge is 0.250 e. The summed E-state index contributed by atoms with van der Waals surface area (Å²) in [5, 5.41) is 10.6. The summed E-state index contributed by atoms with van der Waals surface area (Å²) in [6, 6.07) is 16.0. The Morgan fingerprint density at radius 3 is 2.24 bits per heavy atom. The summed E-state index contributed by atoms with van der Waals surface area (Å²) < 4.78 is 13.0. The topological polar surface area (TPSA) is 87.1 Å². The molecule has 0 atom stereocenters. The van der Waals surface area contributed by atoms with Gasteiger partial charge in [-0.3, -0.25) is 0 Å². The van der Waals surface area contributed by atoms with Crippen molar-refractivity contribution in [2.45, 2.75) is 32.9 Å². The molecule has 7 nitrogen and oxygen atoms in total. The van der Waals surface area contributed by atoms with Gasteiger partial charge in [0.2, 0.25) is 17.8 Å². The van der Waals surface area contributed by atoms with E-state index in [0.29, 0.717) is 24.4 Å². The minimum Gasteiger partial charge on any atom is -0.350 e. The van der Waals surface area contributed by atoms with Crippen LogP contribution in [0.5, 0.6) is 0 Å². The molecule has 0 bridgehead atoms. The number of hydrogen-bond donors (Lipinski definition) is 3. The first-order chi connectivity index (χ1) is 13.9. The highest BCUT2D eigenvalue weighted by molar-refractivity contribution is 5.79. The first-order valence-corrected chi connectivity index (χ1v) is 9.24. The van der Waals surface area contributed by atoms with Gasteiger partial charge in [-0.2, -0.15) is 20.1 Å². The van der Waals surface area contributed by atoms with Crippen molar-refractivity contribution in [3.63, 3.8) is 0 Å². The monoisotopic (exact) mass is 393 g/mol. The Labute approximate surface area is 169 Å². The summed E-state index contributed by atoms with van der Waals surface area (Å²) in [6.07, 6.45) is 1.57. The number of benzene rings is 2. The van der Waals surface area contributed by atoms with Crippen LogP contribution in [0.2, 0.25) is 0 Å². The lowest BCUT2D eigenvalue weighted by Gasteiger charge is -2.20. The average Bonchev–Trinajstić information content (AvgIpc) is 2.67. The molecule has 0 unspecified atom stereocenters. The Kier molecular flexibility index (Phi) is 6.33. The molecular weight excluding hydrogens is 369 g/mol. The predicted molar refractivity (Wildman–Crippen MR) is 115 cm³/mol. The quantitative estimate of drug-likeness (QED) is 0.410. The maximum atomic E-state index is 13.0. The fraction of sp³-hybridized carbons (Fsp3) is 0.238. The zero-order valence-electron chi connectivity index (χ0n) is 16.6. The molecule has 0 saturated heterocycles. The number of hydrazone groups is 1. The summed E-state index contributed by atoms with van der Waals surface area (Å²) in [5.74, 6) is 0.859. The van der Waals surface area contributed by atoms with Gasteiger partial charge >= 0.3 is 0 Å². The Morgan fingerprint density at radius 1 is 0.897 bits per heavy atom. The lowest BCUT2D eigenvalue weighted by molar-refractivity contribution is 0.625. The van der Waals surface area contributed by atoms with E-state index < -0.39 is 0 Å². The zero-order chi connectivity index (χ0) is 20.7. The number of rotatable bonds is 7. The zero-order valence-corrected chi connectivity index (χ0v) is 16.6. The minimum atomic E-state index is -0.292. The molecule has 0 saturated carbocycles. The van der Waals surface area contributed by atoms with E-state index in [-0.39, 0.29) is 11.4 Å². The van der Waals surface area contributed by atoms with Crippen LogP contribution in [0.3, 0.4) is 0 Å². The minimum absolute atomic E-state index is 0.216. The van der Waals surface area contributed by atoms with Gasteiger partial charge in [0.05, 0.1) is 6.21 Å². The number of hydrogen-bond acceptors (Lipinski definition) is 7. The SMILES string of the molecule is CC(C)(C)Nc1nc(NCc2ccccc2)nc(NN=Cc2ccc(F)cc2)n1. The molecule has 3 aromatic rings. The molecule has 29 heavy (non-hydrogen) atoms. The van der Waals surface area contributed by atoms with E-state index in [1.807, 2.05) is 51.1 Å². The van der Waals surface area contributed by atoms with Crippen molar-refractivity contribution in [3.8, 4) is 0 Å². The molecule has 0 aliphatic rings. The molecule has 1 aromatic heterocycles. The van der Waals surface area contributed by atoms with Crippen LogP contribution >= 0.6 is 0 Å². The predicted octanol–water partition coefficient (Wildman–Crippen LogP) is 4.28. The Bertz CT molecular complexity index is 951. The average molecular weight is 393 g/mol. The number of anilines is 3. The van der Waals surface area contributed by atoms with Crippen LogP contribution in [0.1, 0.15) is 31.9 Å².